The second-order valence-electron chi connectivity index (χ2n) is 4.09. The van der Waals surface area contributed by atoms with Crippen molar-refractivity contribution in [3.8, 4) is 5.75 Å². The van der Waals surface area contributed by atoms with E-state index in [1.807, 2.05) is 6.07 Å². The lowest BCUT2D eigenvalue weighted by atomic mass is 9.84. The van der Waals surface area contributed by atoms with Crippen LogP contribution in [-0.4, -0.2) is 5.11 Å². The summed E-state index contributed by atoms with van der Waals surface area (Å²) >= 11 is 0. The first-order valence-electron chi connectivity index (χ1n) is 4.07. The molecule has 1 aromatic rings. The number of aromatic hydroxyl groups is 1. The Morgan fingerprint density at radius 3 is 2.25 bits per heavy atom. The Morgan fingerprint density at radius 1 is 1.25 bits per heavy atom. The minimum atomic E-state index is 0.0514. The monoisotopic (exact) mass is 163 g/mol. The summed E-state index contributed by atoms with van der Waals surface area (Å²) in [6, 6.07) is 5.29. The second kappa shape index (κ2) is 2.81. The van der Waals surface area contributed by atoms with E-state index in [1.165, 1.54) is 0 Å². The lowest BCUT2D eigenvalue weighted by molar-refractivity contribution is 0.470. The first-order chi connectivity index (χ1) is 5.41. The van der Waals surface area contributed by atoms with Crippen molar-refractivity contribution < 1.29 is 5.11 Å². The molecule has 0 heterocycles. The van der Waals surface area contributed by atoms with Crippen molar-refractivity contribution in [3.05, 3.63) is 36.2 Å². The summed E-state index contributed by atoms with van der Waals surface area (Å²) in [5.74, 6) is 0.312. The zero-order chi connectivity index (χ0) is 9.35. The Hall–Kier alpha value is -0.980. The first-order valence-corrected chi connectivity index (χ1v) is 4.07. The van der Waals surface area contributed by atoms with Crippen molar-refractivity contribution in [1.82, 2.24) is 0 Å². The van der Waals surface area contributed by atoms with Crippen LogP contribution in [0.1, 0.15) is 31.9 Å². The average Bonchev–Trinajstić information content (AvgIpc) is 1.92. The van der Waals surface area contributed by atoms with Crippen LogP contribution >= 0.6 is 0 Å². The molecule has 1 aromatic carbocycles. The summed E-state index contributed by atoms with van der Waals surface area (Å²) in [6.07, 6.45) is 0. The smallest absolute Gasteiger partial charge is 0.115 e. The van der Waals surface area contributed by atoms with Gasteiger partial charge in [-0.2, -0.15) is 0 Å². The fourth-order valence-electron chi connectivity index (χ4n) is 1.26. The molecule has 0 aliphatic heterocycles. The minimum absolute atomic E-state index is 0.0514. The molecule has 0 saturated heterocycles. The van der Waals surface area contributed by atoms with Gasteiger partial charge in [-0.05, 0) is 35.6 Å². The van der Waals surface area contributed by atoms with Crippen LogP contribution in [-0.2, 0) is 5.41 Å². The molecule has 0 amide bonds. The van der Waals surface area contributed by atoms with Gasteiger partial charge >= 0.3 is 0 Å². The highest BCUT2D eigenvalue weighted by molar-refractivity contribution is 5.40. The largest absolute Gasteiger partial charge is 0.508 e. The maximum absolute atomic E-state index is 9.27. The van der Waals surface area contributed by atoms with Crippen LogP contribution in [0, 0.1) is 6.92 Å². The highest BCUT2D eigenvalue weighted by Crippen LogP contribution is 2.28. The van der Waals surface area contributed by atoms with E-state index in [-0.39, 0.29) is 5.41 Å². The molecule has 0 aliphatic rings. The predicted molar refractivity (Wildman–Crippen MR) is 51.3 cm³/mol. The van der Waals surface area contributed by atoms with E-state index in [4.69, 9.17) is 0 Å². The molecule has 0 fully saturated rings. The standard InChI is InChI=1S/C11H15O/c1-8-5-6-9(12)7-10(8)11(2,3)4/h5-7,12H,1H2,2-4H3. The van der Waals surface area contributed by atoms with E-state index in [0.717, 1.165) is 11.1 Å². The van der Waals surface area contributed by atoms with E-state index in [2.05, 4.69) is 27.7 Å². The normalized spacial score (nSPS) is 11.7. The van der Waals surface area contributed by atoms with Crippen LogP contribution in [0.5, 0.6) is 5.75 Å². The summed E-state index contributed by atoms with van der Waals surface area (Å²) in [4.78, 5) is 0. The predicted octanol–water partition coefficient (Wildman–Crippen LogP) is 2.87. The fourth-order valence-corrected chi connectivity index (χ4v) is 1.26. The van der Waals surface area contributed by atoms with Gasteiger partial charge in [0.25, 0.3) is 0 Å². The molecule has 0 aromatic heterocycles. The van der Waals surface area contributed by atoms with Gasteiger partial charge in [0, 0.05) is 0 Å². The molecule has 0 saturated carbocycles. The Balaban J connectivity index is 3.23. The third-order valence-corrected chi connectivity index (χ3v) is 1.90. The van der Waals surface area contributed by atoms with Gasteiger partial charge in [0.15, 0.2) is 0 Å². The minimum Gasteiger partial charge on any atom is -0.508 e. The van der Waals surface area contributed by atoms with E-state index >= 15 is 0 Å². The van der Waals surface area contributed by atoms with Crippen molar-refractivity contribution >= 4 is 0 Å². The number of rotatable bonds is 0. The molecule has 1 heteroatoms. The van der Waals surface area contributed by atoms with Gasteiger partial charge in [0.2, 0.25) is 0 Å². The molecule has 1 nitrogen and oxygen atoms in total. The van der Waals surface area contributed by atoms with Crippen LogP contribution < -0.4 is 0 Å². The lowest BCUT2D eigenvalue weighted by Gasteiger charge is -2.21. The van der Waals surface area contributed by atoms with Crippen molar-refractivity contribution in [2.24, 2.45) is 0 Å². The van der Waals surface area contributed by atoms with Crippen molar-refractivity contribution in [2.75, 3.05) is 0 Å². The van der Waals surface area contributed by atoms with Gasteiger partial charge in [-0.3, -0.25) is 0 Å². The van der Waals surface area contributed by atoms with Crippen LogP contribution in [0.25, 0.3) is 0 Å². The molecular formula is C11H15O. The molecule has 0 unspecified atom stereocenters. The summed E-state index contributed by atoms with van der Waals surface area (Å²) in [5, 5.41) is 9.27. The number of hydrogen-bond acceptors (Lipinski definition) is 1. The molecule has 1 rings (SSSR count). The molecule has 0 aliphatic carbocycles. The highest BCUT2D eigenvalue weighted by atomic mass is 16.3. The maximum atomic E-state index is 9.27. The molecule has 1 N–H and O–H groups in total. The number of hydrogen-bond donors (Lipinski definition) is 1. The first kappa shape index (κ1) is 9.11. The van der Waals surface area contributed by atoms with Crippen LogP contribution in [0.15, 0.2) is 18.2 Å². The van der Waals surface area contributed by atoms with E-state index in [1.54, 1.807) is 12.1 Å². The van der Waals surface area contributed by atoms with Crippen LogP contribution in [0.3, 0.4) is 0 Å². The Kier molecular flexibility index (Phi) is 2.14. The Bertz CT molecular complexity index is 282. The average molecular weight is 163 g/mol. The Labute approximate surface area is 74.1 Å². The molecule has 0 spiro atoms. The second-order valence-corrected chi connectivity index (χ2v) is 4.09. The molecule has 12 heavy (non-hydrogen) atoms. The number of benzene rings is 1. The molecule has 65 valence electrons. The van der Waals surface area contributed by atoms with E-state index in [9.17, 15) is 5.11 Å². The van der Waals surface area contributed by atoms with Crippen molar-refractivity contribution in [1.29, 1.82) is 0 Å². The Morgan fingerprint density at radius 2 is 1.83 bits per heavy atom. The third kappa shape index (κ3) is 1.79. The van der Waals surface area contributed by atoms with Crippen LogP contribution in [0.4, 0.5) is 0 Å². The summed E-state index contributed by atoms with van der Waals surface area (Å²) in [7, 11) is 0. The lowest BCUT2D eigenvalue weighted by Crippen LogP contribution is -2.12. The van der Waals surface area contributed by atoms with Gasteiger partial charge in [-0.15, -0.1) is 0 Å². The topological polar surface area (TPSA) is 20.2 Å². The SMILES string of the molecule is [CH2]c1ccc(O)cc1C(C)(C)C. The van der Waals surface area contributed by atoms with Crippen LogP contribution in [0.2, 0.25) is 0 Å². The third-order valence-electron chi connectivity index (χ3n) is 1.90. The zero-order valence-electron chi connectivity index (χ0n) is 7.89. The summed E-state index contributed by atoms with van der Waals surface area (Å²) in [6.45, 7) is 10.2. The molecule has 1 radical (unpaired) electrons. The van der Waals surface area contributed by atoms with Gasteiger partial charge in [-0.1, -0.05) is 26.8 Å². The van der Waals surface area contributed by atoms with E-state index in [0.29, 0.717) is 5.75 Å². The summed E-state index contributed by atoms with van der Waals surface area (Å²) in [5.41, 5.74) is 2.14. The molecule has 0 bridgehead atoms. The maximum Gasteiger partial charge on any atom is 0.115 e. The van der Waals surface area contributed by atoms with Gasteiger partial charge in [-0.25, -0.2) is 0 Å². The molecular weight excluding hydrogens is 148 g/mol. The summed E-state index contributed by atoms with van der Waals surface area (Å²) < 4.78 is 0. The van der Waals surface area contributed by atoms with Gasteiger partial charge in [0.05, 0.1) is 0 Å². The zero-order valence-corrected chi connectivity index (χ0v) is 7.89. The van der Waals surface area contributed by atoms with Crippen molar-refractivity contribution in [2.45, 2.75) is 26.2 Å². The molecule has 0 atom stereocenters. The number of phenols is 1. The highest BCUT2D eigenvalue weighted by Gasteiger charge is 2.16. The van der Waals surface area contributed by atoms with Crippen molar-refractivity contribution in [3.63, 3.8) is 0 Å². The fraction of sp³-hybridized carbons (Fsp3) is 0.364. The quantitative estimate of drug-likeness (QED) is 0.623. The van der Waals surface area contributed by atoms with Gasteiger partial charge in [0.1, 0.15) is 5.75 Å². The number of phenolic OH excluding ortho intramolecular Hbond substituents is 1. The van der Waals surface area contributed by atoms with Gasteiger partial charge < -0.3 is 5.11 Å². The van der Waals surface area contributed by atoms with E-state index < -0.39 is 0 Å².